The third-order valence-corrected chi connectivity index (χ3v) is 6.66. The lowest BCUT2D eigenvalue weighted by atomic mass is 10.00. The Kier molecular flexibility index (Phi) is 8.83. The van der Waals surface area contributed by atoms with Crippen molar-refractivity contribution in [2.24, 2.45) is 0 Å². The number of nitrogens with one attached hydrogen (secondary N) is 2. The Morgan fingerprint density at radius 1 is 1.06 bits per heavy atom. The molecule has 6 nitrogen and oxygen atoms in total. The summed E-state index contributed by atoms with van der Waals surface area (Å²) in [5.74, 6) is -1.75. The number of halogens is 2. The van der Waals surface area contributed by atoms with Crippen molar-refractivity contribution in [3.05, 3.63) is 87.8 Å². The predicted octanol–water partition coefficient (Wildman–Crippen LogP) is 4.28. The molecule has 1 heterocycles. The topological polar surface area (TPSA) is 87.4 Å². The molecule has 3 aromatic rings. The molecule has 192 valence electrons. The summed E-state index contributed by atoms with van der Waals surface area (Å²) in [5.41, 5.74) is 4.25. The molecule has 4 rings (SSSR count). The van der Waals surface area contributed by atoms with E-state index < -0.39 is 29.7 Å². The Hall–Kier alpha value is -3.10. The molecule has 1 aromatic heterocycles. The number of aliphatic hydroxyl groups is 1. The van der Waals surface area contributed by atoms with Crippen molar-refractivity contribution < 1.29 is 23.2 Å². The van der Waals surface area contributed by atoms with Gasteiger partial charge in [-0.05, 0) is 67.3 Å². The molecule has 0 saturated heterocycles. The van der Waals surface area contributed by atoms with Crippen LogP contribution in [0.5, 0.6) is 0 Å². The summed E-state index contributed by atoms with van der Waals surface area (Å²) in [6, 6.07) is 10.6. The van der Waals surface area contributed by atoms with Crippen LogP contribution in [0.25, 0.3) is 0 Å². The number of aryl methyl sites for hydroxylation is 2. The third kappa shape index (κ3) is 6.77. The highest BCUT2D eigenvalue weighted by molar-refractivity contribution is 5.93. The summed E-state index contributed by atoms with van der Waals surface area (Å²) in [6.45, 7) is 2.80. The number of aromatic nitrogens is 1. The molecule has 2 atom stereocenters. The first kappa shape index (κ1) is 26.0. The SMILES string of the molecule is CCc1cccc(CNC[C@H](O)[C@H](Cc2cc(F)cc(F)c2)NC(=O)c2onc3c2CCCCC3)c1. The zero-order chi connectivity index (χ0) is 25.5. The molecule has 0 saturated carbocycles. The number of hydrogen-bond donors (Lipinski definition) is 3. The highest BCUT2D eigenvalue weighted by Crippen LogP contribution is 2.23. The van der Waals surface area contributed by atoms with Gasteiger partial charge >= 0.3 is 0 Å². The van der Waals surface area contributed by atoms with E-state index in [-0.39, 0.29) is 18.7 Å². The maximum absolute atomic E-state index is 13.8. The van der Waals surface area contributed by atoms with Crippen LogP contribution < -0.4 is 10.6 Å². The highest BCUT2D eigenvalue weighted by atomic mass is 19.1. The van der Waals surface area contributed by atoms with Crippen molar-refractivity contribution in [1.29, 1.82) is 0 Å². The maximum atomic E-state index is 13.8. The number of carbonyl (C=O) groups is 1. The van der Waals surface area contributed by atoms with Gasteiger partial charge in [-0.15, -0.1) is 0 Å². The van der Waals surface area contributed by atoms with Crippen molar-refractivity contribution in [2.45, 2.75) is 70.6 Å². The lowest BCUT2D eigenvalue weighted by molar-refractivity contribution is 0.0795. The molecule has 0 unspecified atom stereocenters. The Morgan fingerprint density at radius 2 is 1.81 bits per heavy atom. The fourth-order valence-electron chi connectivity index (χ4n) is 4.71. The average Bonchev–Trinajstić information content (AvgIpc) is 3.11. The van der Waals surface area contributed by atoms with Gasteiger partial charge < -0.3 is 20.3 Å². The van der Waals surface area contributed by atoms with Gasteiger partial charge in [0.15, 0.2) is 0 Å². The monoisotopic (exact) mass is 497 g/mol. The normalized spacial score (nSPS) is 15.1. The van der Waals surface area contributed by atoms with Crippen molar-refractivity contribution in [1.82, 2.24) is 15.8 Å². The molecule has 0 radical (unpaired) electrons. The summed E-state index contributed by atoms with van der Waals surface area (Å²) >= 11 is 0. The van der Waals surface area contributed by atoms with Gasteiger partial charge in [-0.25, -0.2) is 8.78 Å². The summed E-state index contributed by atoms with van der Waals surface area (Å²) < 4.78 is 33.0. The Balaban J connectivity index is 1.47. The summed E-state index contributed by atoms with van der Waals surface area (Å²) in [7, 11) is 0. The van der Waals surface area contributed by atoms with Gasteiger partial charge in [0.05, 0.1) is 17.8 Å². The largest absolute Gasteiger partial charge is 0.390 e. The van der Waals surface area contributed by atoms with E-state index in [4.69, 9.17) is 4.52 Å². The van der Waals surface area contributed by atoms with Gasteiger partial charge in [-0.3, -0.25) is 4.79 Å². The second-order valence-corrected chi connectivity index (χ2v) is 9.43. The molecule has 36 heavy (non-hydrogen) atoms. The van der Waals surface area contributed by atoms with Crippen molar-refractivity contribution in [3.8, 4) is 0 Å². The Bertz CT molecular complexity index is 1160. The molecule has 0 bridgehead atoms. The summed E-state index contributed by atoms with van der Waals surface area (Å²) in [6.07, 6.45) is 4.45. The summed E-state index contributed by atoms with van der Waals surface area (Å²) in [5, 5.41) is 21.2. The van der Waals surface area contributed by atoms with Crippen molar-refractivity contribution in [2.75, 3.05) is 6.54 Å². The molecule has 1 aliphatic carbocycles. The lowest BCUT2D eigenvalue weighted by Gasteiger charge is -2.24. The van der Waals surface area contributed by atoms with E-state index in [0.29, 0.717) is 18.5 Å². The first-order valence-electron chi connectivity index (χ1n) is 12.6. The minimum Gasteiger partial charge on any atom is -0.390 e. The van der Waals surface area contributed by atoms with Gasteiger partial charge in [0.25, 0.3) is 5.91 Å². The van der Waals surface area contributed by atoms with Crippen LogP contribution in [0, 0.1) is 11.6 Å². The molecule has 0 aliphatic heterocycles. The number of hydrogen-bond acceptors (Lipinski definition) is 5. The minimum absolute atomic E-state index is 0.0465. The van der Waals surface area contributed by atoms with Crippen LogP contribution in [0.15, 0.2) is 47.0 Å². The van der Waals surface area contributed by atoms with Gasteiger partial charge in [0.1, 0.15) is 11.6 Å². The zero-order valence-corrected chi connectivity index (χ0v) is 20.5. The first-order chi connectivity index (χ1) is 17.4. The van der Waals surface area contributed by atoms with Crippen molar-refractivity contribution in [3.63, 3.8) is 0 Å². The molecule has 3 N–H and O–H groups in total. The van der Waals surface area contributed by atoms with Gasteiger partial charge in [0.2, 0.25) is 5.76 Å². The molecule has 2 aromatic carbocycles. The van der Waals surface area contributed by atoms with Crippen molar-refractivity contribution >= 4 is 5.91 Å². The smallest absolute Gasteiger partial charge is 0.290 e. The van der Waals surface area contributed by atoms with E-state index in [1.165, 1.54) is 17.7 Å². The van der Waals surface area contributed by atoms with E-state index in [1.54, 1.807) is 0 Å². The molecule has 0 spiro atoms. The Morgan fingerprint density at radius 3 is 2.58 bits per heavy atom. The number of rotatable bonds is 10. The molecular formula is C28H33F2N3O3. The number of carbonyl (C=O) groups excluding carboxylic acids is 1. The van der Waals surface area contributed by atoms with Gasteiger partial charge in [0, 0.05) is 24.7 Å². The average molecular weight is 498 g/mol. The number of nitrogens with zero attached hydrogens (tertiary/aromatic N) is 1. The lowest BCUT2D eigenvalue weighted by Crippen LogP contribution is -2.48. The zero-order valence-electron chi connectivity index (χ0n) is 20.5. The van der Waals surface area contributed by atoms with E-state index >= 15 is 0 Å². The van der Waals surface area contributed by atoms with Crippen LogP contribution in [-0.4, -0.2) is 34.9 Å². The van der Waals surface area contributed by atoms with Crippen LogP contribution in [0.2, 0.25) is 0 Å². The number of aliphatic hydroxyl groups excluding tert-OH is 1. The molecule has 1 aliphatic rings. The molecule has 8 heteroatoms. The van der Waals surface area contributed by atoms with Crippen LogP contribution in [-0.2, 0) is 32.2 Å². The van der Waals surface area contributed by atoms with E-state index in [1.807, 2.05) is 12.1 Å². The van der Waals surface area contributed by atoms with E-state index in [9.17, 15) is 18.7 Å². The van der Waals surface area contributed by atoms with Gasteiger partial charge in [-0.1, -0.05) is 42.8 Å². The summed E-state index contributed by atoms with van der Waals surface area (Å²) in [4.78, 5) is 13.2. The maximum Gasteiger partial charge on any atom is 0.290 e. The van der Waals surface area contributed by atoms with Crippen LogP contribution in [0.1, 0.15) is 64.7 Å². The number of benzene rings is 2. The third-order valence-electron chi connectivity index (χ3n) is 6.66. The molecule has 0 fully saturated rings. The second kappa shape index (κ2) is 12.2. The molecule has 1 amide bonds. The van der Waals surface area contributed by atoms with E-state index in [0.717, 1.165) is 55.0 Å². The fraction of sp³-hybridized carbons (Fsp3) is 0.429. The predicted molar refractivity (Wildman–Crippen MR) is 133 cm³/mol. The fourth-order valence-corrected chi connectivity index (χ4v) is 4.71. The minimum atomic E-state index is -1.02. The first-order valence-corrected chi connectivity index (χ1v) is 12.6. The standard InChI is InChI=1S/C28H33F2N3O3/c1-2-18-7-6-8-19(11-18)16-31-17-26(34)25(14-20-12-21(29)15-22(30)13-20)32-28(35)27-23-9-4-3-5-10-24(23)33-36-27/h6-8,11-13,15,25-26,31,34H,2-5,9-10,14,16-17H2,1H3,(H,32,35)/t25-,26-/m0/s1. The van der Waals surface area contributed by atoms with Gasteiger partial charge in [-0.2, -0.15) is 0 Å². The van der Waals surface area contributed by atoms with Crippen LogP contribution in [0.3, 0.4) is 0 Å². The quantitative estimate of drug-likeness (QED) is 0.364. The number of fused-ring (bicyclic) bond motifs is 1. The molecular weight excluding hydrogens is 464 g/mol. The Labute approximate surface area is 210 Å². The second-order valence-electron chi connectivity index (χ2n) is 9.43. The van der Waals surface area contributed by atoms with Crippen LogP contribution in [0.4, 0.5) is 8.78 Å². The van der Waals surface area contributed by atoms with Crippen LogP contribution >= 0.6 is 0 Å². The highest BCUT2D eigenvalue weighted by Gasteiger charge is 2.28. The van der Waals surface area contributed by atoms with E-state index in [2.05, 4.69) is 34.8 Å². The number of amides is 1.